The van der Waals surface area contributed by atoms with Gasteiger partial charge in [0.2, 0.25) is 0 Å². The van der Waals surface area contributed by atoms with E-state index in [2.05, 4.69) is 20.6 Å². The molecule has 1 rings (SSSR count). The standard InChI is InChI=1S/C6H4BBrClFO2/c8-4-1-3(9)2-5(6(4)10)12-7-11/h1-2,7,11H. The van der Waals surface area contributed by atoms with Gasteiger partial charge < -0.3 is 9.68 Å². The van der Waals surface area contributed by atoms with E-state index < -0.39 is 13.5 Å². The molecule has 0 heterocycles. The third-order valence-corrected chi connectivity index (χ3v) is 1.97. The SMILES string of the molecule is OBOc1cc(Cl)cc(Br)c1F. The molecule has 0 atom stereocenters. The quantitative estimate of drug-likeness (QED) is 0.644. The first-order chi connectivity index (χ1) is 5.65. The minimum atomic E-state index is -0.580. The number of hydrogen-bond donors (Lipinski definition) is 1. The normalized spacial score (nSPS) is 9.67. The van der Waals surface area contributed by atoms with E-state index in [1.54, 1.807) is 0 Å². The molecule has 0 fully saturated rings. The summed E-state index contributed by atoms with van der Waals surface area (Å²) in [5.74, 6) is -0.648. The highest BCUT2D eigenvalue weighted by atomic mass is 79.9. The Morgan fingerprint density at radius 2 is 2.25 bits per heavy atom. The van der Waals surface area contributed by atoms with Crippen molar-refractivity contribution in [1.29, 1.82) is 0 Å². The average Bonchev–Trinajstić information content (AvgIpc) is 2.00. The number of benzene rings is 1. The first-order valence-corrected chi connectivity index (χ1v) is 4.20. The van der Waals surface area contributed by atoms with Crippen LogP contribution in [0, 0.1) is 5.82 Å². The van der Waals surface area contributed by atoms with Crippen LogP contribution in [0.5, 0.6) is 5.75 Å². The van der Waals surface area contributed by atoms with Crippen LogP contribution < -0.4 is 4.65 Å². The fourth-order valence-corrected chi connectivity index (χ4v) is 1.49. The molecule has 0 spiro atoms. The highest BCUT2D eigenvalue weighted by Crippen LogP contribution is 2.29. The van der Waals surface area contributed by atoms with Crippen molar-refractivity contribution in [2.75, 3.05) is 0 Å². The van der Waals surface area contributed by atoms with Gasteiger partial charge in [0.1, 0.15) is 5.75 Å². The van der Waals surface area contributed by atoms with Crippen molar-refractivity contribution in [3.63, 3.8) is 0 Å². The van der Waals surface area contributed by atoms with E-state index in [4.69, 9.17) is 16.6 Å². The van der Waals surface area contributed by atoms with Crippen molar-refractivity contribution in [2.45, 2.75) is 0 Å². The van der Waals surface area contributed by atoms with E-state index in [1.165, 1.54) is 12.1 Å². The Bertz CT molecular complexity index is 297. The molecule has 2 nitrogen and oxygen atoms in total. The molecule has 0 saturated carbocycles. The summed E-state index contributed by atoms with van der Waals surface area (Å²) in [6.45, 7) is 0. The molecule has 64 valence electrons. The Morgan fingerprint density at radius 1 is 1.58 bits per heavy atom. The first-order valence-electron chi connectivity index (χ1n) is 3.03. The molecule has 12 heavy (non-hydrogen) atoms. The average molecular weight is 253 g/mol. The molecule has 0 aliphatic carbocycles. The molecule has 0 bridgehead atoms. The Balaban J connectivity index is 3.09. The van der Waals surface area contributed by atoms with Crippen molar-refractivity contribution in [3.05, 3.63) is 27.4 Å². The van der Waals surface area contributed by atoms with Gasteiger partial charge in [0.05, 0.1) is 4.47 Å². The van der Waals surface area contributed by atoms with Gasteiger partial charge in [0, 0.05) is 11.1 Å². The maximum Gasteiger partial charge on any atom is 0.504 e. The number of halogens is 3. The van der Waals surface area contributed by atoms with Gasteiger partial charge in [-0.1, -0.05) is 11.6 Å². The molecule has 0 aliphatic rings. The van der Waals surface area contributed by atoms with Gasteiger partial charge in [0.15, 0.2) is 5.82 Å². The molecule has 1 aromatic carbocycles. The second kappa shape index (κ2) is 4.12. The fraction of sp³-hybridized carbons (Fsp3) is 0. The molecule has 1 aromatic rings. The molecule has 0 amide bonds. The van der Waals surface area contributed by atoms with Crippen molar-refractivity contribution >= 4 is 35.2 Å². The highest BCUT2D eigenvalue weighted by Gasteiger charge is 2.08. The van der Waals surface area contributed by atoms with Crippen LogP contribution in [-0.2, 0) is 0 Å². The lowest BCUT2D eigenvalue weighted by molar-refractivity contribution is 0.430. The summed E-state index contributed by atoms with van der Waals surface area (Å²) in [6, 6.07) is 2.69. The van der Waals surface area contributed by atoms with Gasteiger partial charge >= 0.3 is 7.69 Å². The van der Waals surface area contributed by atoms with Crippen molar-refractivity contribution in [2.24, 2.45) is 0 Å². The molecular formula is C6H4BBrClFO2. The fourth-order valence-electron chi connectivity index (χ4n) is 0.707. The van der Waals surface area contributed by atoms with Crippen LogP contribution in [0.4, 0.5) is 4.39 Å². The van der Waals surface area contributed by atoms with Crippen LogP contribution in [0.3, 0.4) is 0 Å². The molecule has 0 aromatic heterocycles. The largest absolute Gasteiger partial charge is 0.537 e. The summed E-state index contributed by atoms with van der Waals surface area (Å²) in [4.78, 5) is 0. The maximum absolute atomic E-state index is 13.0. The lowest BCUT2D eigenvalue weighted by Crippen LogP contribution is -2.01. The van der Waals surface area contributed by atoms with Gasteiger partial charge in [0.25, 0.3) is 0 Å². The molecule has 6 heteroatoms. The van der Waals surface area contributed by atoms with E-state index in [-0.39, 0.29) is 10.2 Å². The summed E-state index contributed by atoms with van der Waals surface area (Å²) < 4.78 is 17.8. The van der Waals surface area contributed by atoms with E-state index in [1.807, 2.05) is 0 Å². The van der Waals surface area contributed by atoms with Gasteiger partial charge in [-0.05, 0) is 22.0 Å². The van der Waals surface area contributed by atoms with Gasteiger partial charge in [-0.15, -0.1) is 0 Å². The van der Waals surface area contributed by atoms with E-state index >= 15 is 0 Å². The topological polar surface area (TPSA) is 29.5 Å². The number of rotatable bonds is 2. The zero-order valence-corrected chi connectivity index (χ0v) is 8.19. The van der Waals surface area contributed by atoms with Crippen molar-refractivity contribution < 1.29 is 14.1 Å². The summed E-state index contributed by atoms with van der Waals surface area (Å²) in [5, 5.41) is 8.72. The van der Waals surface area contributed by atoms with Crippen molar-refractivity contribution in [1.82, 2.24) is 0 Å². The minimum Gasteiger partial charge on any atom is -0.537 e. The summed E-state index contributed by atoms with van der Waals surface area (Å²) in [5.41, 5.74) is 0. The molecule has 0 radical (unpaired) electrons. The predicted octanol–water partition coefficient (Wildman–Crippen LogP) is 1.88. The van der Waals surface area contributed by atoms with Crippen molar-refractivity contribution in [3.8, 4) is 5.75 Å². The minimum absolute atomic E-state index is 0.0723. The predicted molar refractivity (Wildman–Crippen MR) is 49.1 cm³/mol. The summed E-state index contributed by atoms with van der Waals surface area (Å²) in [6.07, 6.45) is 0. The molecule has 0 aliphatic heterocycles. The molecular weight excluding hydrogens is 249 g/mol. The third-order valence-electron chi connectivity index (χ3n) is 1.18. The zero-order valence-electron chi connectivity index (χ0n) is 5.85. The van der Waals surface area contributed by atoms with Crippen LogP contribution in [0.1, 0.15) is 0 Å². The lowest BCUT2D eigenvalue weighted by atomic mass is 10.3. The zero-order chi connectivity index (χ0) is 9.14. The monoisotopic (exact) mass is 252 g/mol. The lowest BCUT2D eigenvalue weighted by Gasteiger charge is -2.05. The van der Waals surface area contributed by atoms with E-state index in [0.29, 0.717) is 5.02 Å². The first kappa shape index (κ1) is 9.83. The van der Waals surface area contributed by atoms with Crippen LogP contribution >= 0.6 is 27.5 Å². The van der Waals surface area contributed by atoms with Gasteiger partial charge in [-0.2, -0.15) is 0 Å². The Kier molecular flexibility index (Phi) is 3.37. The second-order valence-electron chi connectivity index (χ2n) is 1.97. The number of hydrogen-bond acceptors (Lipinski definition) is 2. The molecule has 0 saturated heterocycles. The van der Waals surface area contributed by atoms with Gasteiger partial charge in [-0.3, -0.25) is 0 Å². The van der Waals surface area contributed by atoms with E-state index in [9.17, 15) is 4.39 Å². The van der Waals surface area contributed by atoms with Crippen LogP contribution in [-0.4, -0.2) is 12.7 Å². The molecule has 1 N–H and O–H groups in total. The van der Waals surface area contributed by atoms with Crippen LogP contribution in [0.15, 0.2) is 16.6 Å². The third kappa shape index (κ3) is 2.12. The maximum atomic E-state index is 13.0. The van der Waals surface area contributed by atoms with Crippen LogP contribution in [0.25, 0.3) is 0 Å². The van der Waals surface area contributed by atoms with Gasteiger partial charge in [-0.25, -0.2) is 4.39 Å². The second-order valence-corrected chi connectivity index (χ2v) is 3.26. The Hall–Kier alpha value is -0.255. The summed E-state index contributed by atoms with van der Waals surface area (Å²) >= 11 is 8.55. The Morgan fingerprint density at radius 3 is 2.83 bits per heavy atom. The van der Waals surface area contributed by atoms with Crippen LogP contribution in [0.2, 0.25) is 5.02 Å². The summed E-state index contributed by atoms with van der Waals surface area (Å²) in [7, 11) is -0.580. The smallest absolute Gasteiger partial charge is 0.504 e. The molecule has 0 unspecified atom stereocenters. The Labute approximate surface area is 82.7 Å². The highest BCUT2D eigenvalue weighted by molar-refractivity contribution is 9.10. The van der Waals surface area contributed by atoms with E-state index in [0.717, 1.165) is 0 Å².